The standard InChI is InChI=1S/C15H23NO3S/c1-4-5-12-8-13(20-11(12)3)15(19)16-9-10(2)6-7-14(17)18/h8,10H,4-7,9H2,1-3H3,(H,16,19)(H,17,18). The van der Waals surface area contributed by atoms with E-state index in [9.17, 15) is 9.59 Å². The molecule has 1 aromatic heterocycles. The summed E-state index contributed by atoms with van der Waals surface area (Å²) in [5.41, 5.74) is 1.25. The highest BCUT2D eigenvalue weighted by Crippen LogP contribution is 2.22. The number of hydrogen-bond donors (Lipinski definition) is 2. The van der Waals surface area contributed by atoms with Crippen molar-refractivity contribution in [1.82, 2.24) is 5.32 Å². The van der Waals surface area contributed by atoms with Gasteiger partial charge in [-0.3, -0.25) is 9.59 Å². The third-order valence-electron chi connectivity index (χ3n) is 3.23. The average molecular weight is 297 g/mol. The summed E-state index contributed by atoms with van der Waals surface area (Å²) in [6.45, 7) is 6.64. The van der Waals surface area contributed by atoms with Crippen LogP contribution in [0, 0.1) is 12.8 Å². The Morgan fingerprint density at radius 1 is 1.45 bits per heavy atom. The van der Waals surface area contributed by atoms with Gasteiger partial charge in [0, 0.05) is 17.8 Å². The normalized spacial score (nSPS) is 12.2. The van der Waals surface area contributed by atoms with Gasteiger partial charge < -0.3 is 10.4 Å². The molecule has 112 valence electrons. The molecule has 1 unspecified atom stereocenters. The molecule has 20 heavy (non-hydrogen) atoms. The Morgan fingerprint density at radius 2 is 2.15 bits per heavy atom. The van der Waals surface area contributed by atoms with Crippen LogP contribution in [0.5, 0.6) is 0 Å². The number of aliphatic carboxylic acids is 1. The molecular weight excluding hydrogens is 274 g/mol. The topological polar surface area (TPSA) is 66.4 Å². The van der Waals surface area contributed by atoms with Crippen LogP contribution in [-0.4, -0.2) is 23.5 Å². The van der Waals surface area contributed by atoms with Crippen LogP contribution in [-0.2, 0) is 11.2 Å². The highest BCUT2D eigenvalue weighted by molar-refractivity contribution is 7.14. The molecule has 0 aliphatic heterocycles. The largest absolute Gasteiger partial charge is 0.481 e. The minimum absolute atomic E-state index is 0.0531. The number of amides is 1. The van der Waals surface area contributed by atoms with Gasteiger partial charge in [-0.05, 0) is 37.3 Å². The quantitative estimate of drug-likeness (QED) is 0.774. The molecule has 0 aliphatic carbocycles. The number of carboxylic acids is 1. The molecule has 1 aromatic rings. The van der Waals surface area contributed by atoms with Crippen LogP contribution < -0.4 is 5.32 Å². The van der Waals surface area contributed by atoms with Gasteiger partial charge in [-0.1, -0.05) is 20.3 Å². The maximum Gasteiger partial charge on any atom is 0.303 e. The zero-order chi connectivity index (χ0) is 15.1. The van der Waals surface area contributed by atoms with Gasteiger partial charge >= 0.3 is 5.97 Å². The number of carboxylic acid groups (broad SMARTS) is 1. The number of hydrogen-bond acceptors (Lipinski definition) is 3. The van der Waals surface area contributed by atoms with E-state index in [1.54, 1.807) is 0 Å². The first-order valence-corrected chi connectivity index (χ1v) is 7.85. The van der Waals surface area contributed by atoms with E-state index < -0.39 is 5.97 Å². The zero-order valence-corrected chi connectivity index (χ0v) is 13.2. The Morgan fingerprint density at radius 3 is 2.75 bits per heavy atom. The lowest BCUT2D eigenvalue weighted by Gasteiger charge is -2.10. The van der Waals surface area contributed by atoms with Crippen LogP contribution in [0.3, 0.4) is 0 Å². The zero-order valence-electron chi connectivity index (χ0n) is 12.4. The van der Waals surface area contributed by atoms with Crippen LogP contribution in [0.4, 0.5) is 0 Å². The molecule has 5 heteroatoms. The summed E-state index contributed by atoms with van der Waals surface area (Å²) in [6.07, 6.45) is 2.81. The van der Waals surface area contributed by atoms with Gasteiger partial charge in [-0.2, -0.15) is 0 Å². The number of rotatable bonds is 8. The number of thiophene rings is 1. The summed E-state index contributed by atoms with van der Waals surface area (Å²) >= 11 is 1.53. The predicted molar refractivity (Wildman–Crippen MR) is 81.4 cm³/mol. The lowest BCUT2D eigenvalue weighted by Crippen LogP contribution is -2.27. The van der Waals surface area contributed by atoms with E-state index in [2.05, 4.69) is 12.2 Å². The average Bonchev–Trinajstić information content (AvgIpc) is 2.75. The van der Waals surface area contributed by atoms with E-state index in [1.165, 1.54) is 21.8 Å². The third kappa shape index (κ3) is 5.33. The molecule has 0 saturated carbocycles. The summed E-state index contributed by atoms with van der Waals surface area (Å²) in [4.78, 5) is 24.5. The minimum atomic E-state index is -0.790. The van der Waals surface area contributed by atoms with Crippen LogP contribution in [0.25, 0.3) is 0 Å². The van der Waals surface area contributed by atoms with Crippen LogP contribution in [0.2, 0.25) is 0 Å². The summed E-state index contributed by atoms with van der Waals surface area (Å²) in [6, 6.07) is 1.97. The van der Waals surface area contributed by atoms with E-state index in [-0.39, 0.29) is 18.2 Å². The van der Waals surface area contributed by atoms with E-state index in [4.69, 9.17) is 5.11 Å². The van der Waals surface area contributed by atoms with Crippen molar-refractivity contribution in [3.63, 3.8) is 0 Å². The fourth-order valence-electron chi connectivity index (χ4n) is 1.98. The second kappa shape index (κ2) is 8.04. The molecule has 0 radical (unpaired) electrons. The number of carbonyl (C=O) groups is 2. The summed E-state index contributed by atoms with van der Waals surface area (Å²) < 4.78 is 0. The Hall–Kier alpha value is -1.36. The monoisotopic (exact) mass is 297 g/mol. The van der Waals surface area contributed by atoms with E-state index in [0.29, 0.717) is 13.0 Å². The van der Waals surface area contributed by atoms with Crippen LogP contribution >= 0.6 is 11.3 Å². The molecule has 1 heterocycles. The number of carbonyl (C=O) groups excluding carboxylic acids is 1. The van der Waals surface area contributed by atoms with Gasteiger partial charge in [0.25, 0.3) is 5.91 Å². The van der Waals surface area contributed by atoms with Gasteiger partial charge in [0.15, 0.2) is 0 Å². The third-order valence-corrected chi connectivity index (χ3v) is 4.32. The number of nitrogens with one attached hydrogen (secondary N) is 1. The molecular formula is C15H23NO3S. The van der Waals surface area contributed by atoms with Gasteiger partial charge in [0.05, 0.1) is 4.88 Å². The van der Waals surface area contributed by atoms with Gasteiger partial charge in [0.1, 0.15) is 0 Å². The Balaban J connectivity index is 2.46. The van der Waals surface area contributed by atoms with Crippen molar-refractivity contribution in [2.45, 2.75) is 46.5 Å². The van der Waals surface area contributed by atoms with Crippen molar-refractivity contribution in [3.05, 3.63) is 21.4 Å². The summed E-state index contributed by atoms with van der Waals surface area (Å²) in [5, 5.41) is 11.5. The molecule has 1 amide bonds. The molecule has 0 aliphatic rings. The molecule has 1 atom stereocenters. The first-order chi connectivity index (χ1) is 9.43. The van der Waals surface area contributed by atoms with Crippen molar-refractivity contribution >= 4 is 23.2 Å². The summed E-state index contributed by atoms with van der Waals surface area (Å²) in [5.74, 6) is -0.671. The minimum Gasteiger partial charge on any atom is -0.481 e. The SMILES string of the molecule is CCCc1cc(C(=O)NCC(C)CCC(=O)O)sc1C. The highest BCUT2D eigenvalue weighted by Gasteiger charge is 2.13. The van der Waals surface area contributed by atoms with Crippen molar-refractivity contribution < 1.29 is 14.7 Å². The molecule has 0 saturated heterocycles. The second-order valence-corrected chi connectivity index (χ2v) is 6.45. The summed E-state index contributed by atoms with van der Waals surface area (Å²) in [7, 11) is 0. The molecule has 0 aromatic carbocycles. The smallest absolute Gasteiger partial charge is 0.303 e. The van der Waals surface area contributed by atoms with Gasteiger partial charge in [-0.15, -0.1) is 11.3 Å². The second-order valence-electron chi connectivity index (χ2n) is 5.19. The Kier molecular flexibility index (Phi) is 6.71. The lowest BCUT2D eigenvalue weighted by molar-refractivity contribution is -0.137. The van der Waals surface area contributed by atoms with Gasteiger partial charge in [-0.25, -0.2) is 0 Å². The van der Waals surface area contributed by atoms with Crippen molar-refractivity contribution in [3.8, 4) is 0 Å². The van der Waals surface area contributed by atoms with Crippen LogP contribution in [0.15, 0.2) is 6.07 Å². The maximum absolute atomic E-state index is 12.0. The van der Waals surface area contributed by atoms with Gasteiger partial charge in [0.2, 0.25) is 0 Å². The Labute approximate surface area is 124 Å². The molecule has 2 N–H and O–H groups in total. The molecule has 0 bridgehead atoms. The highest BCUT2D eigenvalue weighted by atomic mass is 32.1. The van der Waals surface area contributed by atoms with Crippen LogP contribution in [0.1, 0.15) is 53.2 Å². The van der Waals surface area contributed by atoms with Crippen molar-refractivity contribution in [2.75, 3.05) is 6.54 Å². The van der Waals surface area contributed by atoms with E-state index >= 15 is 0 Å². The van der Waals surface area contributed by atoms with E-state index in [1.807, 2.05) is 19.9 Å². The Bertz CT molecular complexity index is 468. The van der Waals surface area contributed by atoms with E-state index in [0.717, 1.165) is 17.7 Å². The molecule has 0 spiro atoms. The molecule has 4 nitrogen and oxygen atoms in total. The predicted octanol–water partition coefficient (Wildman–Crippen LogP) is 3.24. The first-order valence-electron chi connectivity index (χ1n) is 7.03. The lowest BCUT2D eigenvalue weighted by atomic mass is 10.1. The maximum atomic E-state index is 12.0. The van der Waals surface area contributed by atoms with Crippen molar-refractivity contribution in [1.29, 1.82) is 0 Å². The fourth-order valence-corrected chi connectivity index (χ4v) is 2.96. The molecule has 1 rings (SSSR count). The first kappa shape index (κ1) is 16.7. The number of aryl methyl sites for hydroxylation is 2. The van der Waals surface area contributed by atoms with Crippen molar-refractivity contribution in [2.24, 2.45) is 5.92 Å². The fraction of sp³-hybridized carbons (Fsp3) is 0.600. The molecule has 0 fully saturated rings.